The maximum Gasteiger partial charge on any atom is 0.243 e. The smallest absolute Gasteiger partial charge is 0.243 e. The second-order valence-corrected chi connectivity index (χ2v) is 18.3. The predicted octanol–water partition coefficient (Wildman–Crippen LogP) is -2.51. The van der Waals surface area contributed by atoms with E-state index >= 15 is 0 Å². The van der Waals surface area contributed by atoms with Crippen molar-refractivity contribution in [3.63, 3.8) is 0 Å². The molecule has 8 amide bonds. The molecular formula is C48H77N15O9. The summed E-state index contributed by atoms with van der Waals surface area (Å²) < 4.78 is 0. The number of carbonyl (C=O) groups is 8. The Morgan fingerprint density at radius 1 is 0.514 bits per heavy atom. The SMILES string of the molecule is CN[C@@H](Cc1ccc(O)cc1)C(=O)N[C@@H](C)C(=O)NCC(=O)N[C@@H](Cc1ccccc1)C(=O)N[C@@H](CC(C)C)C(=O)N[C@@H](CCCN=C(N)N)C(=O)N[C@@H](CCCN=C(N)N)C(=O)N[C@@H](CC(C)C)C(N)=O. The van der Waals surface area contributed by atoms with Crippen molar-refractivity contribution in [3.8, 4) is 5.75 Å². The fourth-order valence-electron chi connectivity index (χ4n) is 7.25. The molecule has 0 aromatic heterocycles. The fraction of sp³-hybridized carbons (Fsp3) is 0.542. The molecule has 7 atom stereocenters. The number of nitrogens with one attached hydrogen (secondary N) is 8. The van der Waals surface area contributed by atoms with Gasteiger partial charge in [0.15, 0.2) is 11.9 Å². The van der Waals surface area contributed by atoms with Crippen molar-refractivity contribution >= 4 is 59.2 Å². The highest BCUT2D eigenvalue weighted by molar-refractivity contribution is 5.97. The predicted molar refractivity (Wildman–Crippen MR) is 273 cm³/mol. The lowest BCUT2D eigenvalue weighted by Gasteiger charge is -2.28. The monoisotopic (exact) mass is 1010 g/mol. The van der Waals surface area contributed by atoms with Crippen LogP contribution in [0, 0.1) is 11.8 Å². The van der Waals surface area contributed by atoms with Crippen LogP contribution in [0.2, 0.25) is 0 Å². The summed E-state index contributed by atoms with van der Waals surface area (Å²) in [7, 11) is 1.59. The number of phenolic OH excluding ortho intramolecular Hbond substituents is 1. The maximum atomic E-state index is 14.3. The van der Waals surface area contributed by atoms with Gasteiger partial charge in [-0.15, -0.1) is 0 Å². The molecule has 2 aromatic rings. The Kier molecular flexibility index (Phi) is 26.7. The molecule has 0 bridgehead atoms. The Bertz CT molecular complexity index is 2150. The van der Waals surface area contributed by atoms with E-state index in [-0.39, 0.29) is 94.0 Å². The van der Waals surface area contributed by atoms with Crippen LogP contribution in [0.4, 0.5) is 0 Å². The van der Waals surface area contributed by atoms with Crippen LogP contribution in [-0.4, -0.2) is 133 Å². The lowest BCUT2D eigenvalue weighted by Crippen LogP contribution is -2.59. The molecule has 24 heteroatoms. The van der Waals surface area contributed by atoms with Crippen molar-refractivity contribution in [2.75, 3.05) is 26.7 Å². The molecule has 24 nitrogen and oxygen atoms in total. The lowest BCUT2D eigenvalue weighted by molar-refractivity contribution is -0.135. The van der Waals surface area contributed by atoms with Crippen LogP contribution in [0.25, 0.3) is 0 Å². The van der Waals surface area contributed by atoms with Gasteiger partial charge in [0.1, 0.15) is 42.0 Å². The number of benzene rings is 2. The van der Waals surface area contributed by atoms with Gasteiger partial charge in [-0.25, -0.2) is 0 Å². The van der Waals surface area contributed by atoms with Crippen molar-refractivity contribution in [2.24, 2.45) is 50.5 Å². The van der Waals surface area contributed by atoms with Gasteiger partial charge in [0.25, 0.3) is 0 Å². The van der Waals surface area contributed by atoms with E-state index in [1.165, 1.54) is 19.1 Å². The minimum atomic E-state index is -1.30. The summed E-state index contributed by atoms with van der Waals surface area (Å²) in [6.07, 6.45) is 1.01. The Morgan fingerprint density at radius 3 is 1.43 bits per heavy atom. The van der Waals surface area contributed by atoms with E-state index in [2.05, 4.69) is 52.5 Å². The number of nitrogens with zero attached hydrogens (tertiary/aromatic N) is 2. The van der Waals surface area contributed by atoms with Crippen molar-refractivity contribution in [2.45, 2.75) is 128 Å². The van der Waals surface area contributed by atoms with E-state index in [0.29, 0.717) is 5.56 Å². The molecule has 0 unspecified atom stereocenters. The zero-order valence-corrected chi connectivity index (χ0v) is 42.2. The van der Waals surface area contributed by atoms with Gasteiger partial charge in [0, 0.05) is 19.5 Å². The van der Waals surface area contributed by atoms with Crippen molar-refractivity contribution < 1.29 is 43.5 Å². The maximum absolute atomic E-state index is 14.3. The summed E-state index contributed by atoms with van der Waals surface area (Å²) in [6.45, 7) is 8.41. The molecule has 0 saturated carbocycles. The molecule has 72 heavy (non-hydrogen) atoms. The Labute approximate surface area is 421 Å². The molecule has 0 aliphatic carbocycles. The molecular weight excluding hydrogens is 931 g/mol. The largest absolute Gasteiger partial charge is 0.508 e. The van der Waals surface area contributed by atoms with Gasteiger partial charge in [-0.05, 0) is 94.0 Å². The van der Waals surface area contributed by atoms with E-state index in [1.54, 1.807) is 49.5 Å². The highest BCUT2D eigenvalue weighted by atomic mass is 16.3. The summed E-state index contributed by atoms with van der Waals surface area (Å²) in [5.74, 6) is -6.12. The zero-order chi connectivity index (χ0) is 53.9. The lowest BCUT2D eigenvalue weighted by atomic mass is 10.00. The number of aromatic hydroxyl groups is 1. The molecule has 19 N–H and O–H groups in total. The molecule has 2 rings (SSSR count). The average molecular weight is 1010 g/mol. The zero-order valence-electron chi connectivity index (χ0n) is 42.2. The quantitative estimate of drug-likeness (QED) is 0.0205. The number of likely N-dealkylation sites (N-methyl/N-ethyl adjacent to an activating group) is 1. The second kappa shape index (κ2) is 31.7. The van der Waals surface area contributed by atoms with Gasteiger partial charge in [-0.3, -0.25) is 48.3 Å². The van der Waals surface area contributed by atoms with Gasteiger partial charge in [0.05, 0.1) is 12.6 Å². The topological polar surface area (TPSA) is 408 Å². The van der Waals surface area contributed by atoms with Gasteiger partial charge < -0.3 is 76.3 Å². The molecule has 0 spiro atoms. The van der Waals surface area contributed by atoms with Crippen LogP contribution in [-0.2, 0) is 51.2 Å². The third-order valence-corrected chi connectivity index (χ3v) is 11.0. The van der Waals surface area contributed by atoms with Crippen LogP contribution in [0.1, 0.15) is 84.3 Å². The van der Waals surface area contributed by atoms with Crippen LogP contribution >= 0.6 is 0 Å². The molecule has 398 valence electrons. The third kappa shape index (κ3) is 23.9. The van der Waals surface area contributed by atoms with Gasteiger partial charge >= 0.3 is 0 Å². The van der Waals surface area contributed by atoms with Crippen LogP contribution < -0.4 is 71.2 Å². The van der Waals surface area contributed by atoms with Crippen LogP contribution in [0.3, 0.4) is 0 Å². The standard InChI is InChI=1S/C48H77N15O9/c1-27(2)22-35(40(49)66)62-43(69)34(15-11-21-56-48(52)53)60-42(68)33(14-10-20-55-47(50)51)61-45(71)37(23-28(3)4)63-46(72)38(25-30-12-8-7-9-13-30)59-39(65)26-57-41(67)29(5)58-44(70)36(54-6)24-31-16-18-32(64)19-17-31/h7-9,12-13,16-19,27-29,33-38,54,64H,10-11,14-15,20-26H2,1-6H3,(H2,49,66)(H,57,67)(H,58,70)(H,59,65)(H,60,68)(H,61,71)(H,62,69)(H,63,72)(H4,50,51,55)(H4,52,53,56)/t29-,33-,34-,35-,36-,37-,38-/m0/s1. The highest BCUT2D eigenvalue weighted by Gasteiger charge is 2.33. The van der Waals surface area contributed by atoms with Gasteiger partial charge in [-0.2, -0.15) is 0 Å². The summed E-state index contributed by atoms with van der Waals surface area (Å²) >= 11 is 0. The minimum absolute atomic E-state index is 0.0158. The molecule has 0 fully saturated rings. The summed E-state index contributed by atoms with van der Waals surface area (Å²) in [6, 6.07) is 7.27. The second-order valence-electron chi connectivity index (χ2n) is 18.3. The highest BCUT2D eigenvalue weighted by Crippen LogP contribution is 2.13. The Morgan fingerprint density at radius 2 is 0.944 bits per heavy atom. The molecule has 0 aliphatic heterocycles. The number of guanidine groups is 2. The Hall–Kier alpha value is -7.50. The number of phenols is 1. The van der Waals surface area contributed by atoms with Crippen molar-refractivity contribution in [1.29, 1.82) is 0 Å². The summed E-state index contributed by atoms with van der Waals surface area (Å²) in [5.41, 5.74) is 29.0. The Balaban J connectivity index is 2.32. The first kappa shape index (κ1) is 60.6. The normalized spacial score (nSPS) is 13.9. The van der Waals surface area contributed by atoms with E-state index in [0.717, 1.165) is 5.56 Å². The minimum Gasteiger partial charge on any atom is -0.508 e. The van der Waals surface area contributed by atoms with Crippen LogP contribution in [0.5, 0.6) is 5.75 Å². The third-order valence-electron chi connectivity index (χ3n) is 11.0. The van der Waals surface area contributed by atoms with Crippen molar-refractivity contribution in [1.82, 2.24) is 42.5 Å². The summed E-state index contributed by atoms with van der Waals surface area (Å²) in [5, 5.41) is 31.0. The first-order valence-electron chi connectivity index (χ1n) is 24.0. The number of amides is 8. The molecule has 0 aliphatic rings. The number of rotatable bonds is 32. The number of nitrogens with two attached hydrogens (primary N) is 5. The number of hydrogen-bond acceptors (Lipinski definition) is 12. The van der Waals surface area contributed by atoms with Crippen molar-refractivity contribution in [3.05, 3.63) is 65.7 Å². The van der Waals surface area contributed by atoms with Gasteiger partial charge in [-0.1, -0.05) is 70.2 Å². The first-order chi connectivity index (χ1) is 34.0. The number of primary amides is 1. The number of carbonyl (C=O) groups excluding carboxylic acids is 8. The molecule has 0 radical (unpaired) electrons. The number of aliphatic imine (C=N–C) groups is 2. The fourth-order valence-corrected chi connectivity index (χ4v) is 7.25. The first-order valence-corrected chi connectivity index (χ1v) is 24.0. The van der Waals surface area contributed by atoms with E-state index in [4.69, 9.17) is 28.7 Å². The van der Waals surface area contributed by atoms with E-state index in [1.807, 2.05) is 27.7 Å². The molecule has 0 heterocycles. The average Bonchev–Trinajstić information content (AvgIpc) is 3.31. The molecule has 0 saturated heterocycles. The summed E-state index contributed by atoms with van der Waals surface area (Å²) in [4.78, 5) is 116. The number of hydrogen-bond donors (Lipinski definition) is 14. The van der Waals surface area contributed by atoms with E-state index in [9.17, 15) is 43.5 Å². The van der Waals surface area contributed by atoms with Crippen LogP contribution in [0.15, 0.2) is 64.6 Å². The molecule has 2 aromatic carbocycles. The van der Waals surface area contributed by atoms with E-state index < -0.39 is 96.1 Å². The van der Waals surface area contributed by atoms with Gasteiger partial charge in [0.2, 0.25) is 47.3 Å².